The predicted molar refractivity (Wildman–Crippen MR) is 71.1 cm³/mol. The second-order valence-corrected chi connectivity index (χ2v) is 4.89. The lowest BCUT2D eigenvalue weighted by atomic mass is 10.1. The van der Waals surface area contributed by atoms with Gasteiger partial charge in [0.15, 0.2) is 0 Å². The molecule has 1 atom stereocenters. The van der Waals surface area contributed by atoms with Crippen LogP contribution in [0.1, 0.15) is 27.8 Å². The smallest absolute Gasteiger partial charge is 0.338 e. The lowest BCUT2D eigenvalue weighted by molar-refractivity contribution is 0.0690. The zero-order chi connectivity index (χ0) is 13.5. The third kappa shape index (κ3) is 4.03. The largest absolute Gasteiger partial charge is 0.478 e. The Morgan fingerprint density at radius 1 is 1.56 bits per heavy atom. The van der Waals surface area contributed by atoms with E-state index < -0.39 is 11.9 Å². The van der Waals surface area contributed by atoms with E-state index in [4.69, 9.17) is 5.11 Å². The van der Waals surface area contributed by atoms with E-state index >= 15 is 0 Å². The highest BCUT2D eigenvalue weighted by atomic mass is 32.2. The Bertz CT molecular complexity index is 437. The minimum atomic E-state index is -1.15. The Morgan fingerprint density at radius 3 is 2.89 bits per heavy atom. The van der Waals surface area contributed by atoms with Crippen LogP contribution in [0.2, 0.25) is 0 Å². The van der Waals surface area contributed by atoms with Crippen molar-refractivity contribution in [3.05, 3.63) is 29.6 Å². The van der Waals surface area contributed by atoms with Crippen molar-refractivity contribution in [3.8, 4) is 0 Å². The second kappa shape index (κ2) is 7.00. The van der Waals surface area contributed by atoms with Crippen LogP contribution in [-0.4, -0.2) is 40.5 Å². The van der Waals surface area contributed by atoms with Gasteiger partial charge in [0, 0.05) is 12.7 Å². The van der Waals surface area contributed by atoms with Crippen molar-refractivity contribution in [1.82, 2.24) is 10.3 Å². The number of carboxylic acid groups (broad SMARTS) is 1. The molecule has 1 heterocycles. The first-order valence-corrected chi connectivity index (χ1v) is 6.91. The fraction of sp³-hybridized carbons (Fsp3) is 0.417. The van der Waals surface area contributed by atoms with E-state index in [1.54, 1.807) is 11.8 Å². The molecule has 0 aliphatic heterocycles. The third-order valence-corrected chi connectivity index (χ3v) is 3.22. The molecule has 0 aliphatic rings. The number of carbonyl (C=O) groups is 2. The highest BCUT2D eigenvalue weighted by molar-refractivity contribution is 7.98. The number of nitrogens with zero attached hydrogens (tertiary/aromatic N) is 1. The Hall–Kier alpha value is -1.56. The van der Waals surface area contributed by atoms with Gasteiger partial charge < -0.3 is 10.4 Å². The lowest BCUT2D eigenvalue weighted by Gasteiger charge is -2.11. The van der Waals surface area contributed by atoms with Crippen molar-refractivity contribution >= 4 is 23.6 Å². The number of hydrogen-bond donors (Lipinski definition) is 2. The van der Waals surface area contributed by atoms with Crippen LogP contribution >= 0.6 is 11.8 Å². The minimum absolute atomic E-state index is 0.0404. The molecule has 1 rings (SSSR count). The van der Waals surface area contributed by atoms with Gasteiger partial charge in [0.2, 0.25) is 0 Å². The number of amides is 1. The molecule has 98 valence electrons. The lowest BCUT2D eigenvalue weighted by Crippen LogP contribution is -2.31. The average molecular weight is 268 g/mol. The van der Waals surface area contributed by atoms with Gasteiger partial charge in [-0.1, -0.05) is 6.92 Å². The Morgan fingerprint density at radius 2 is 2.28 bits per heavy atom. The molecule has 0 bridgehead atoms. The van der Waals surface area contributed by atoms with Crippen LogP contribution in [0.4, 0.5) is 0 Å². The van der Waals surface area contributed by atoms with Crippen LogP contribution in [0.3, 0.4) is 0 Å². The van der Waals surface area contributed by atoms with Crippen LogP contribution in [0.5, 0.6) is 0 Å². The van der Waals surface area contributed by atoms with Crippen molar-refractivity contribution < 1.29 is 14.7 Å². The number of aromatic nitrogens is 1. The Labute approximate surface area is 110 Å². The van der Waals surface area contributed by atoms with E-state index in [0.29, 0.717) is 12.5 Å². The molecule has 1 aromatic rings. The summed E-state index contributed by atoms with van der Waals surface area (Å²) in [4.78, 5) is 26.6. The topological polar surface area (TPSA) is 79.3 Å². The summed E-state index contributed by atoms with van der Waals surface area (Å²) >= 11 is 1.70. The molecule has 0 radical (unpaired) electrons. The van der Waals surface area contributed by atoms with Crippen LogP contribution < -0.4 is 5.32 Å². The number of carbonyl (C=O) groups excluding carboxylic acids is 1. The van der Waals surface area contributed by atoms with Crippen molar-refractivity contribution in [1.29, 1.82) is 0 Å². The van der Waals surface area contributed by atoms with Gasteiger partial charge in [0.1, 0.15) is 5.69 Å². The van der Waals surface area contributed by atoms with Crippen molar-refractivity contribution in [2.24, 2.45) is 5.92 Å². The number of rotatable bonds is 6. The summed E-state index contributed by atoms with van der Waals surface area (Å²) in [5, 5.41) is 11.7. The minimum Gasteiger partial charge on any atom is -0.478 e. The maximum absolute atomic E-state index is 11.8. The zero-order valence-electron chi connectivity index (χ0n) is 10.3. The summed E-state index contributed by atoms with van der Waals surface area (Å²) in [6.07, 6.45) is 3.41. The van der Waals surface area contributed by atoms with Crippen molar-refractivity contribution in [2.75, 3.05) is 18.6 Å². The molecule has 2 N–H and O–H groups in total. The number of aromatic carboxylic acids is 1. The quantitative estimate of drug-likeness (QED) is 0.817. The first-order chi connectivity index (χ1) is 8.56. The fourth-order valence-electron chi connectivity index (χ4n) is 1.45. The molecule has 5 nitrogen and oxygen atoms in total. The number of carboxylic acids is 1. The molecule has 0 fully saturated rings. The second-order valence-electron chi connectivity index (χ2n) is 3.98. The van der Waals surface area contributed by atoms with Gasteiger partial charge in [0.25, 0.3) is 5.91 Å². The van der Waals surface area contributed by atoms with Crippen LogP contribution in [0.25, 0.3) is 0 Å². The Kier molecular flexibility index (Phi) is 5.64. The summed E-state index contributed by atoms with van der Waals surface area (Å²) in [6, 6.07) is 2.87. The van der Waals surface area contributed by atoms with Gasteiger partial charge in [-0.3, -0.25) is 9.78 Å². The summed E-state index contributed by atoms with van der Waals surface area (Å²) in [5.74, 6) is -0.318. The molecule has 0 aliphatic carbocycles. The molecular formula is C12H16N2O3S. The number of nitrogens with one attached hydrogen (secondary N) is 1. The molecule has 6 heteroatoms. The molecule has 0 saturated heterocycles. The third-order valence-electron chi connectivity index (χ3n) is 2.32. The molecule has 0 spiro atoms. The highest BCUT2D eigenvalue weighted by Crippen LogP contribution is 2.06. The molecule has 18 heavy (non-hydrogen) atoms. The predicted octanol–water partition coefficient (Wildman–Crippen LogP) is 1.51. The standard InChI is InChI=1S/C12H16N2O3S/c1-8(7-18-2)6-14-11(15)10-9(12(16)17)4-3-5-13-10/h3-5,8H,6-7H2,1-2H3,(H,14,15)(H,16,17). The number of thioether (sulfide) groups is 1. The number of pyridine rings is 1. The van der Waals surface area contributed by atoms with Gasteiger partial charge in [-0.05, 0) is 30.1 Å². The van der Waals surface area contributed by atoms with E-state index in [-0.39, 0.29) is 11.3 Å². The maximum Gasteiger partial charge on any atom is 0.338 e. The molecule has 0 aromatic carbocycles. The van der Waals surface area contributed by atoms with Gasteiger partial charge in [0.05, 0.1) is 5.56 Å². The van der Waals surface area contributed by atoms with E-state index in [0.717, 1.165) is 5.75 Å². The summed E-state index contributed by atoms with van der Waals surface area (Å²) in [5.41, 5.74) is -0.117. The van der Waals surface area contributed by atoms with Crippen LogP contribution in [0.15, 0.2) is 18.3 Å². The van der Waals surface area contributed by atoms with Gasteiger partial charge in [-0.25, -0.2) is 4.79 Å². The molecule has 1 aromatic heterocycles. The van der Waals surface area contributed by atoms with Gasteiger partial charge in [-0.2, -0.15) is 11.8 Å². The van der Waals surface area contributed by atoms with Crippen LogP contribution in [0, 0.1) is 5.92 Å². The van der Waals surface area contributed by atoms with E-state index in [1.165, 1.54) is 18.3 Å². The zero-order valence-corrected chi connectivity index (χ0v) is 11.2. The summed E-state index contributed by atoms with van der Waals surface area (Å²) < 4.78 is 0. The molecular weight excluding hydrogens is 252 g/mol. The van der Waals surface area contributed by atoms with E-state index in [9.17, 15) is 9.59 Å². The summed E-state index contributed by atoms with van der Waals surface area (Å²) in [6.45, 7) is 2.53. The Balaban J connectivity index is 2.70. The number of hydrogen-bond acceptors (Lipinski definition) is 4. The van der Waals surface area contributed by atoms with Gasteiger partial charge in [-0.15, -0.1) is 0 Å². The molecule has 0 saturated carbocycles. The molecule has 1 unspecified atom stereocenters. The SMILES string of the molecule is CSCC(C)CNC(=O)c1ncccc1C(=O)O. The first kappa shape index (κ1) is 14.5. The fourth-order valence-corrected chi connectivity index (χ4v) is 2.14. The van der Waals surface area contributed by atoms with Crippen molar-refractivity contribution in [3.63, 3.8) is 0 Å². The summed E-state index contributed by atoms with van der Waals surface area (Å²) in [7, 11) is 0. The average Bonchev–Trinajstić information content (AvgIpc) is 2.36. The molecule has 1 amide bonds. The monoisotopic (exact) mass is 268 g/mol. The van der Waals surface area contributed by atoms with Crippen molar-refractivity contribution in [2.45, 2.75) is 6.92 Å². The maximum atomic E-state index is 11.8. The first-order valence-electron chi connectivity index (χ1n) is 5.51. The highest BCUT2D eigenvalue weighted by Gasteiger charge is 2.17. The van der Waals surface area contributed by atoms with Crippen LogP contribution in [-0.2, 0) is 0 Å². The van der Waals surface area contributed by atoms with Gasteiger partial charge >= 0.3 is 5.97 Å². The normalized spacial score (nSPS) is 11.9. The van der Waals surface area contributed by atoms with E-state index in [2.05, 4.69) is 10.3 Å². The van der Waals surface area contributed by atoms with E-state index in [1.807, 2.05) is 13.2 Å².